The SMILES string of the molecule is O=S(=O)(Nc1ccccc1N(CCOc1ccc(Cl)cc1)S(=O)(=O)c1ccc(Cl)cc1)c1ccc(Cl)cc1. The average Bonchev–Trinajstić information content (AvgIpc) is 2.88. The van der Waals surface area contributed by atoms with E-state index in [9.17, 15) is 16.8 Å². The predicted molar refractivity (Wildman–Crippen MR) is 152 cm³/mol. The Labute approximate surface area is 236 Å². The van der Waals surface area contributed by atoms with Crippen molar-refractivity contribution < 1.29 is 21.6 Å². The van der Waals surface area contributed by atoms with Crippen LogP contribution in [0.25, 0.3) is 0 Å². The first-order chi connectivity index (χ1) is 18.1. The second-order valence-electron chi connectivity index (χ2n) is 7.91. The smallest absolute Gasteiger partial charge is 0.264 e. The van der Waals surface area contributed by atoms with Crippen LogP contribution in [0.3, 0.4) is 0 Å². The van der Waals surface area contributed by atoms with Gasteiger partial charge in [0, 0.05) is 15.1 Å². The highest BCUT2D eigenvalue weighted by atomic mass is 35.5. The molecule has 0 aromatic heterocycles. The van der Waals surface area contributed by atoms with Gasteiger partial charge in [-0.1, -0.05) is 46.9 Å². The Morgan fingerprint density at radius 1 is 0.658 bits per heavy atom. The van der Waals surface area contributed by atoms with E-state index in [1.165, 1.54) is 60.7 Å². The van der Waals surface area contributed by atoms with E-state index in [1.54, 1.807) is 36.4 Å². The van der Waals surface area contributed by atoms with Crippen molar-refractivity contribution in [2.75, 3.05) is 22.2 Å². The van der Waals surface area contributed by atoms with Crippen molar-refractivity contribution in [3.63, 3.8) is 0 Å². The molecule has 0 radical (unpaired) electrons. The molecule has 12 heteroatoms. The number of anilines is 2. The van der Waals surface area contributed by atoms with Crippen LogP contribution in [0.2, 0.25) is 15.1 Å². The molecule has 0 saturated carbocycles. The molecular weight excluding hydrogens is 591 g/mol. The lowest BCUT2D eigenvalue weighted by Gasteiger charge is -2.27. The van der Waals surface area contributed by atoms with Crippen molar-refractivity contribution in [3.8, 4) is 5.75 Å². The van der Waals surface area contributed by atoms with Gasteiger partial charge in [-0.2, -0.15) is 0 Å². The van der Waals surface area contributed by atoms with Gasteiger partial charge in [0.25, 0.3) is 20.0 Å². The molecular formula is C26H21Cl3N2O5S2. The molecule has 4 rings (SSSR count). The molecule has 38 heavy (non-hydrogen) atoms. The molecule has 0 aliphatic rings. The number of sulfonamides is 2. The molecule has 198 valence electrons. The third-order valence-electron chi connectivity index (χ3n) is 5.32. The first-order valence-corrected chi connectivity index (χ1v) is 15.2. The highest BCUT2D eigenvalue weighted by molar-refractivity contribution is 7.93. The number of para-hydroxylation sites is 2. The number of nitrogens with zero attached hydrogens (tertiary/aromatic N) is 1. The largest absolute Gasteiger partial charge is 0.492 e. The summed E-state index contributed by atoms with van der Waals surface area (Å²) in [5, 5.41) is 1.29. The van der Waals surface area contributed by atoms with Gasteiger partial charge in [0.05, 0.1) is 27.7 Å². The van der Waals surface area contributed by atoms with Gasteiger partial charge in [0.1, 0.15) is 12.4 Å². The minimum Gasteiger partial charge on any atom is -0.492 e. The van der Waals surface area contributed by atoms with Crippen LogP contribution < -0.4 is 13.8 Å². The summed E-state index contributed by atoms with van der Waals surface area (Å²) >= 11 is 17.8. The van der Waals surface area contributed by atoms with Crippen molar-refractivity contribution in [1.29, 1.82) is 0 Å². The lowest BCUT2D eigenvalue weighted by Crippen LogP contribution is -2.35. The van der Waals surface area contributed by atoms with E-state index in [0.717, 1.165) is 4.31 Å². The van der Waals surface area contributed by atoms with Gasteiger partial charge >= 0.3 is 0 Å². The van der Waals surface area contributed by atoms with Crippen LogP contribution in [-0.2, 0) is 20.0 Å². The fourth-order valence-electron chi connectivity index (χ4n) is 3.48. The minimum absolute atomic E-state index is 0.0243. The number of rotatable bonds is 10. The fraction of sp³-hybridized carbons (Fsp3) is 0.0769. The summed E-state index contributed by atoms with van der Waals surface area (Å²) in [6, 6.07) is 24.1. The Balaban J connectivity index is 1.70. The lowest BCUT2D eigenvalue weighted by molar-refractivity contribution is 0.328. The van der Waals surface area contributed by atoms with Crippen molar-refractivity contribution in [1.82, 2.24) is 0 Å². The fourth-order valence-corrected chi connectivity index (χ4v) is 6.40. The number of nitrogens with one attached hydrogen (secondary N) is 1. The molecule has 1 N–H and O–H groups in total. The van der Waals surface area contributed by atoms with Crippen molar-refractivity contribution in [3.05, 3.63) is 112 Å². The molecule has 0 aliphatic carbocycles. The standard InChI is InChI=1S/C26H21Cl3N2O5S2/c27-19-5-11-22(12-6-19)36-18-17-31(38(34,35)24-15-9-21(29)10-16-24)26-4-2-1-3-25(26)30-37(32,33)23-13-7-20(28)8-14-23/h1-16,30H,17-18H2. The first kappa shape index (κ1) is 28.1. The van der Waals surface area contributed by atoms with E-state index in [-0.39, 0.29) is 34.3 Å². The van der Waals surface area contributed by atoms with Crippen LogP contribution in [-0.4, -0.2) is 30.0 Å². The highest BCUT2D eigenvalue weighted by Crippen LogP contribution is 2.33. The predicted octanol–water partition coefficient (Wildman–Crippen LogP) is 6.72. The van der Waals surface area contributed by atoms with Crippen LogP contribution in [0.1, 0.15) is 0 Å². The van der Waals surface area contributed by atoms with Gasteiger partial charge in [-0.05, 0) is 84.9 Å². The summed E-state index contributed by atoms with van der Waals surface area (Å²) in [5.41, 5.74) is 0.172. The van der Waals surface area contributed by atoms with Gasteiger partial charge in [-0.25, -0.2) is 16.8 Å². The molecule has 0 spiro atoms. The second kappa shape index (κ2) is 11.8. The Hall–Kier alpha value is -2.95. The Kier molecular flexibility index (Phi) is 8.74. The lowest BCUT2D eigenvalue weighted by atomic mass is 10.3. The van der Waals surface area contributed by atoms with Gasteiger partial charge in [0.15, 0.2) is 0 Å². The summed E-state index contributed by atoms with van der Waals surface area (Å²) in [5.74, 6) is 0.495. The second-order valence-corrected chi connectivity index (χ2v) is 12.8. The number of hydrogen-bond acceptors (Lipinski definition) is 5. The summed E-state index contributed by atoms with van der Waals surface area (Å²) in [6.07, 6.45) is 0. The maximum Gasteiger partial charge on any atom is 0.264 e. The Morgan fingerprint density at radius 3 is 1.74 bits per heavy atom. The third kappa shape index (κ3) is 6.73. The number of benzene rings is 4. The molecule has 0 atom stereocenters. The zero-order valence-corrected chi connectivity index (χ0v) is 23.5. The van der Waals surface area contributed by atoms with E-state index < -0.39 is 20.0 Å². The van der Waals surface area contributed by atoms with Crippen LogP contribution in [0, 0.1) is 0 Å². The molecule has 0 aliphatic heterocycles. The minimum atomic E-state index is -4.16. The molecule has 0 unspecified atom stereocenters. The van der Waals surface area contributed by atoms with Crippen LogP contribution >= 0.6 is 34.8 Å². The Morgan fingerprint density at radius 2 is 1.16 bits per heavy atom. The monoisotopic (exact) mass is 610 g/mol. The summed E-state index contributed by atoms with van der Waals surface area (Å²) in [7, 11) is -8.22. The van der Waals surface area contributed by atoms with Crippen LogP contribution in [0.4, 0.5) is 11.4 Å². The van der Waals surface area contributed by atoms with Gasteiger partial charge < -0.3 is 4.74 Å². The molecule has 0 saturated heterocycles. The van der Waals surface area contributed by atoms with Gasteiger partial charge in [-0.15, -0.1) is 0 Å². The maximum absolute atomic E-state index is 13.8. The average molecular weight is 612 g/mol. The summed E-state index contributed by atoms with van der Waals surface area (Å²) in [4.78, 5) is -0.0568. The van der Waals surface area contributed by atoms with Crippen LogP contribution in [0.5, 0.6) is 5.75 Å². The zero-order chi connectivity index (χ0) is 27.3. The van der Waals surface area contributed by atoms with Gasteiger partial charge in [-0.3, -0.25) is 9.03 Å². The quantitative estimate of drug-likeness (QED) is 0.215. The molecule has 0 bridgehead atoms. The van der Waals surface area contributed by atoms with Crippen molar-refractivity contribution in [2.24, 2.45) is 0 Å². The van der Waals surface area contributed by atoms with E-state index in [1.807, 2.05) is 0 Å². The van der Waals surface area contributed by atoms with Gasteiger partial charge in [0.2, 0.25) is 0 Å². The van der Waals surface area contributed by atoms with Crippen molar-refractivity contribution >= 4 is 66.2 Å². The van der Waals surface area contributed by atoms with E-state index in [0.29, 0.717) is 20.8 Å². The Bertz CT molecular complexity index is 1610. The third-order valence-corrected chi connectivity index (χ3v) is 9.28. The van der Waals surface area contributed by atoms with E-state index in [2.05, 4.69) is 4.72 Å². The van der Waals surface area contributed by atoms with E-state index in [4.69, 9.17) is 39.5 Å². The topological polar surface area (TPSA) is 92.8 Å². The first-order valence-electron chi connectivity index (χ1n) is 11.1. The molecule has 4 aromatic carbocycles. The molecule has 7 nitrogen and oxygen atoms in total. The summed E-state index contributed by atoms with van der Waals surface area (Å²) in [6.45, 7) is -0.167. The highest BCUT2D eigenvalue weighted by Gasteiger charge is 2.28. The zero-order valence-electron chi connectivity index (χ0n) is 19.6. The number of hydrogen-bond donors (Lipinski definition) is 1. The van der Waals surface area contributed by atoms with E-state index >= 15 is 0 Å². The molecule has 4 aromatic rings. The van der Waals surface area contributed by atoms with Crippen LogP contribution in [0.15, 0.2) is 107 Å². The molecule has 0 fully saturated rings. The maximum atomic E-state index is 13.8. The molecule has 0 heterocycles. The number of ether oxygens (including phenoxy) is 1. The molecule has 0 amide bonds. The normalized spacial score (nSPS) is 11.7. The van der Waals surface area contributed by atoms with Crippen molar-refractivity contribution in [2.45, 2.75) is 9.79 Å². The summed E-state index contributed by atoms with van der Waals surface area (Å²) < 4.78 is 63.1. The number of halogens is 3.